The molecule has 0 saturated heterocycles. The number of urea groups is 1. The van der Waals surface area contributed by atoms with Gasteiger partial charge in [0.15, 0.2) is 0 Å². The minimum absolute atomic E-state index is 0.129. The van der Waals surface area contributed by atoms with E-state index in [9.17, 15) is 19.8 Å². The first-order valence-corrected chi connectivity index (χ1v) is 19.3. The number of carbonyl (C=O) groups is 2. The monoisotopic (exact) mass is 749 g/mol. The van der Waals surface area contributed by atoms with Crippen LogP contribution in [0.1, 0.15) is 132 Å². The maximum atomic E-state index is 12.6. The van der Waals surface area contributed by atoms with Gasteiger partial charge in [0.2, 0.25) is 0 Å². The van der Waals surface area contributed by atoms with Crippen molar-refractivity contribution in [3.8, 4) is 11.5 Å². The predicted molar refractivity (Wildman–Crippen MR) is 222 cm³/mol. The Morgan fingerprint density at radius 2 is 1.04 bits per heavy atom. The van der Waals surface area contributed by atoms with Crippen LogP contribution in [0.15, 0.2) is 48.5 Å². The number of hydrogen-bond donors (Lipinski definition) is 5. The van der Waals surface area contributed by atoms with Crippen molar-refractivity contribution in [2.75, 3.05) is 30.5 Å². The molecule has 0 radical (unpaired) electrons. The third-order valence-electron chi connectivity index (χ3n) is 11.4. The van der Waals surface area contributed by atoms with Crippen molar-refractivity contribution in [1.29, 1.82) is 0 Å². The summed E-state index contributed by atoms with van der Waals surface area (Å²) in [5, 5.41) is 27.0. The van der Waals surface area contributed by atoms with Gasteiger partial charge in [-0.1, -0.05) is 76.2 Å². The Morgan fingerprint density at radius 1 is 0.655 bits per heavy atom. The summed E-state index contributed by atoms with van der Waals surface area (Å²) in [6, 6.07) is 17.1. The van der Waals surface area contributed by atoms with Gasteiger partial charge in [-0.25, -0.2) is 9.59 Å². The average Bonchev–Trinajstić information content (AvgIpc) is 3.80. The molecule has 9 nitrogen and oxygen atoms in total. The fraction of sp³-hybridized carbons (Fsp3) is 0.435. The third-order valence-corrected chi connectivity index (χ3v) is 11.4. The molecule has 55 heavy (non-hydrogen) atoms. The molecule has 5 N–H and O–H groups in total. The fourth-order valence-electron chi connectivity index (χ4n) is 7.73. The molecule has 2 aliphatic heterocycles. The molecule has 6 rings (SSSR count). The van der Waals surface area contributed by atoms with E-state index in [-0.39, 0.29) is 24.5 Å². The Bertz CT molecular complexity index is 2070. The van der Waals surface area contributed by atoms with Gasteiger partial charge in [0.05, 0.1) is 31.0 Å². The third kappa shape index (κ3) is 8.47. The van der Waals surface area contributed by atoms with Gasteiger partial charge in [-0.15, -0.1) is 0 Å². The van der Waals surface area contributed by atoms with Crippen molar-refractivity contribution < 1.29 is 29.3 Å². The van der Waals surface area contributed by atoms with Gasteiger partial charge < -0.3 is 30.3 Å². The average molecular weight is 750 g/mol. The minimum Gasteiger partial charge on any atom is -0.492 e. The van der Waals surface area contributed by atoms with Gasteiger partial charge in [-0.3, -0.25) is 5.32 Å². The summed E-state index contributed by atoms with van der Waals surface area (Å²) in [5.41, 5.74) is 14.1. The number of anilines is 2. The van der Waals surface area contributed by atoms with Gasteiger partial charge >= 0.3 is 12.1 Å². The van der Waals surface area contributed by atoms with Crippen LogP contribution >= 0.6 is 0 Å². The molecule has 0 fully saturated rings. The molecule has 4 aromatic rings. The van der Waals surface area contributed by atoms with Crippen LogP contribution in [0.5, 0.6) is 11.5 Å². The highest BCUT2D eigenvalue weighted by atomic mass is 16.5. The largest absolute Gasteiger partial charge is 0.492 e. The normalized spacial score (nSPS) is 15.8. The van der Waals surface area contributed by atoms with Crippen molar-refractivity contribution in [2.24, 2.45) is 0 Å². The summed E-state index contributed by atoms with van der Waals surface area (Å²) in [6.45, 7) is 25.4. The Labute approximate surface area is 326 Å². The minimum atomic E-state index is -1.04. The van der Waals surface area contributed by atoms with Gasteiger partial charge in [0.1, 0.15) is 11.5 Å². The smallest absolute Gasteiger partial charge is 0.409 e. The van der Waals surface area contributed by atoms with E-state index in [4.69, 9.17) is 9.47 Å². The van der Waals surface area contributed by atoms with Crippen molar-refractivity contribution in [3.63, 3.8) is 0 Å². The number of carbonyl (C=O) groups excluding carboxylic acids is 1. The Hall–Kier alpha value is -5.02. The molecule has 3 amide bonds. The summed E-state index contributed by atoms with van der Waals surface area (Å²) in [6.07, 6.45) is -1.04. The molecule has 2 atom stereocenters. The first-order chi connectivity index (χ1) is 25.9. The Kier molecular flexibility index (Phi) is 12.3. The standard InChI is InChI=1S/C25H34N2O3.C21H25NO3/c1-14(2)18-8-10-19(11-9-18)20-12-30-23-16(4)15(3)22(17(5)21(20)23)26-24(29)27-25(6,7)13-28;1-11(2)15-6-8-16(9-7-15)17-10-25-20-13(4)12(3)19(22-21(23)24)14(5)18(17)20/h8-11,14,20,28H,12-13H2,1-7H3,(H2,26,27,29);6-9,11,17,22H,10H2,1-5H3,(H,23,24). The highest BCUT2D eigenvalue weighted by Crippen LogP contribution is 2.48. The van der Waals surface area contributed by atoms with E-state index >= 15 is 0 Å². The summed E-state index contributed by atoms with van der Waals surface area (Å²) >= 11 is 0. The van der Waals surface area contributed by atoms with Crippen molar-refractivity contribution in [1.82, 2.24) is 5.32 Å². The lowest BCUT2D eigenvalue weighted by Gasteiger charge is -2.25. The SMILES string of the molecule is Cc1c(C)c2c(c(C)c1NC(=O)NC(C)(C)CO)C(c1ccc(C(C)C)cc1)CO2.Cc1c(C)c2c(c(C)c1NC(=O)O)C(c1ccc(C(C)C)cc1)CO2. The zero-order valence-electron chi connectivity index (χ0n) is 34.6. The lowest BCUT2D eigenvalue weighted by molar-refractivity contribution is 0.187. The van der Waals surface area contributed by atoms with Crippen LogP contribution in [0.3, 0.4) is 0 Å². The number of fused-ring (bicyclic) bond motifs is 2. The Morgan fingerprint density at radius 3 is 1.38 bits per heavy atom. The van der Waals surface area contributed by atoms with Crippen LogP contribution < -0.4 is 25.4 Å². The molecule has 0 bridgehead atoms. The molecule has 2 aliphatic rings. The summed E-state index contributed by atoms with van der Waals surface area (Å²) < 4.78 is 12.2. The highest BCUT2D eigenvalue weighted by Gasteiger charge is 2.34. The first kappa shape index (κ1) is 41.1. The second-order valence-electron chi connectivity index (χ2n) is 16.4. The van der Waals surface area contributed by atoms with Gasteiger partial charge in [-0.2, -0.15) is 0 Å². The van der Waals surface area contributed by atoms with E-state index in [0.29, 0.717) is 30.7 Å². The molecule has 2 heterocycles. The van der Waals surface area contributed by atoms with Crippen LogP contribution in [-0.2, 0) is 0 Å². The molecule has 4 aromatic carbocycles. The number of hydrogen-bond acceptors (Lipinski definition) is 5. The van der Waals surface area contributed by atoms with Crippen molar-refractivity contribution in [3.05, 3.63) is 115 Å². The molecule has 2 unspecified atom stereocenters. The molecule has 0 spiro atoms. The van der Waals surface area contributed by atoms with E-state index < -0.39 is 11.6 Å². The predicted octanol–water partition coefficient (Wildman–Crippen LogP) is 10.5. The fourth-order valence-corrected chi connectivity index (χ4v) is 7.73. The maximum Gasteiger partial charge on any atom is 0.409 e. The van der Waals surface area contributed by atoms with Gasteiger partial charge in [-0.05, 0) is 123 Å². The topological polar surface area (TPSA) is 129 Å². The molecule has 0 aromatic heterocycles. The van der Waals surface area contributed by atoms with Gasteiger partial charge in [0.25, 0.3) is 0 Å². The zero-order valence-corrected chi connectivity index (χ0v) is 34.6. The molecule has 0 aliphatic carbocycles. The number of ether oxygens (including phenoxy) is 2. The van der Waals surface area contributed by atoms with E-state index in [1.54, 1.807) is 13.8 Å². The number of amides is 3. The second kappa shape index (κ2) is 16.4. The van der Waals surface area contributed by atoms with Crippen LogP contribution in [0, 0.1) is 41.5 Å². The number of benzene rings is 4. The van der Waals surface area contributed by atoms with E-state index in [1.165, 1.54) is 22.3 Å². The number of carboxylic acid groups (broad SMARTS) is 1. The molecular formula is C46H59N3O6. The lowest BCUT2D eigenvalue weighted by Crippen LogP contribution is -2.48. The van der Waals surface area contributed by atoms with E-state index in [2.05, 4.69) is 92.2 Å². The number of nitrogens with one attached hydrogen (secondary N) is 3. The van der Waals surface area contributed by atoms with Crippen LogP contribution in [0.25, 0.3) is 0 Å². The maximum absolute atomic E-state index is 12.6. The number of rotatable bonds is 8. The zero-order chi connectivity index (χ0) is 40.5. The number of aliphatic hydroxyl groups is 1. The molecule has 294 valence electrons. The molecular weight excluding hydrogens is 691 g/mol. The summed E-state index contributed by atoms with van der Waals surface area (Å²) in [5.74, 6) is 3.10. The van der Waals surface area contributed by atoms with E-state index in [0.717, 1.165) is 61.7 Å². The second-order valence-corrected chi connectivity index (χ2v) is 16.4. The first-order valence-electron chi connectivity index (χ1n) is 19.3. The van der Waals surface area contributed by atoms with Crippen LogP contribution in [0.4, 0.5) is 21.0 Å². The van der Waals surface area contributed by atoms with Gasteiger partial charge in [0, 0.05) is 28.7 Å². The number of aliphatic hydroxyl groups excluding tert-OH is 1. The van der Waals surface area contributed by atoms with E-state index in [1.807, 2.05) is 41.5 Å². The van der Waals surface area contributed by atoms with Crippen LogP contribution in [-0.4, -0.2) is 47.7 Å². The van der Waals surface area contributed by atoms with Crippen molar-refractivity contribution >= 4 is 23.5 Å². The van der Waals surface area contributed by atoms with Crippen LogP contribution in [0.2, 0.25) is 0 Å². The molecule has 9 heteroatoms. The summed E-state index contributed by atoms with van der Waals surface area (Å²) in [4.78, 5) is 23.8. The molecule has 0 saturated carbocycles. The van der Waals surface area contributed by atoms with Crippen molar-refractivity contribution in [2.45, 2.75) is 112 Å². The quantitative estimate of drug-likeness (QED) is 0.122. The highest BCUT2D eigenvalue weighted by molar-refractivity contribution is 5.93. The Balaban J connectivity index is 0.000000214. The lowest BCUT2D eigenvalue weighted by atomic mass is 9.86. The summed E-state index contributed by atoms with van der Waals surface area (Å²) in [7, 11) is 0.